The second kappa shape index (κ2) is 7.78. The van der Waals surface area contributed by atoms with E-state index in [0.717, 1.165) is 43.6 Å². The molecule has 6 nitrogen and oxygen atoms in total. The predicted octanol–water partition coefficient (Wildman–Crippen LogP) is 2.66. The molecule has 0 atom stereocenters. The zero-order chi connectivity index (χ0) is 17.8. The number of benzene rings is 1. The molecule has 1 amide bonds. The van der Waals surface area contributed by atoms with E-state index in [4.69, 9.17) is 0 Å². The van der Waals surface area contributed by atoms with E-state index in [0.29, 0.717) is 17.8 Å². The van der Waals surface area contributed by atoms with Gasteiger partial charge in [-0.25, -0.2) is 4.98 Å². The molecule has 0 radical (unpaired) electrons. The van der Waals surface area contributed by atoms with E-state index in [1.165, 1.54) is 6.33 Å². The Morgan fingerprint density at radius 1 is 1.28 bits per heavy atom. The molecule has 1 saturated heterocycles. The monoisotopic (exact) mass is 341 g/mol. The maximum Gasteiger partial charge on any atom is 0.254 e. The highest BCUT2D eigenvalue weighted by Crippen LogP contribution is 2.21. The summed E-state index contributed by atoms with van der Waals surface area (Å²) in [4.78, 5) is 21.7. The van der Waals surface area contributed by atoms with Gasteiger partial charge < -0.3 is 9.80 Å². The Hall–Kier alpha value is -2.21. The summed E-state index contributed by atoms with van der Waals surface area (Å²) in [5.41, 5.74) is 1.67. The van der Waals surface area contributed by atoms with Crippen LogP contribution in [0.3, 0.4) is 0 Å². The molecule has 134 valence electrons. The van der Waals surface area contributed by atoms with Crippen molar-refractivity contribution in [3.8, 4) is 11.4 Å². The van der Waals surface area contributed by atoms with Crippen molar-refractivity contribution in [1.29, 1.82) is 0 Å². The molecule has 1 aromatic carbocycles. The summed E-state index contributed by atoms with van der Waals surface area (Å²) in [7, 11) is 2.15. The largest absolute Gasteiger partial charge is 0.335 e. The van der Waals surface area contributed by atoms with Crippen LogP contribution in [0.5, 0.6) is 0 Å². The fourth-order valence-electron chi connectivity index (χ4n) is 3.38. The van der Waals surface area contributed by atoms with Crippen LogP contribution in [0.4, 0.5) is 0 Å². The van der Waals surface area contributed by atoms with Crippen LogP contribution in [0.25, 0.3) is 11.4 Å². The van der Waals surface area contributed by atoms with E-state index >= 15 is 0 Å². The predicted molar refractivity (Wildman–Crippen MR) is 98.2 cm³/mol. The standard InChI is InChI=1S/C19H27N5O/c1-14(2)12-24(17-8-10-23(3)11-9-17)19(25)16-6-4-15(5-7-16)18-20-13-21-22-18/h4-7,13-14,17H,8-12H2,1-3H3,(H,20,21,22). The first-order valence-electron chi connectivity index (χ1n) is 9.00. The molecular formula is C19H27N5O. The molecule has 25 heavy (non-hydrogen) atoms. The normalized spacial score (nSPS) is 16.3. The van der Waals surface area contributed by atoms with Crippen LogP contribution >= 0.6 is 0 Å². The molecule has 0 bridgehead atoms. The average Bonchev–Trinajstić information content (AvgIpc) is 3.15. The molecule has 2 heterocycles. The Kier molecular flexibility index (Phi) is 5.48. The van der Waals surface area contributed by atoms with E-state index in [9.17, 15) is 4.79 Å². The zero-order valence-corrected chi connectivity index (χ0v) is 15.3. The molecule has 1 fully saturated rings. The van der Waals surface area contributed by atoms with Gasteiger partial charge in [-0.05, 0) is 51.0 Å². The summed E-state index contributed by atoms with van der Waals surface area (Å²) in [6, 6.07) is 7.97. The molecule has 3 rings (SSSR count). The highest BCUT2D eigenvalue weighted by atomic mass is 16.2. The smallest absolute Gasteiger partial charge is 0.254 e. The summed E-state index contributed by atoms with van der Waals surface area (Å²) < 4.78 is 0. The van der Waals surface area contributed by atoms with Crippen molar-refractivity contribution in [2.24, 2.45) is 5.92 Å². The van der Waals surface area contributed by atoms with Crippen LogP contribution in [0.2, 0.25) is 0 Å². The quantitative estimate of drug-likeness (QED) is 0.908. The van der Waals surface area contributed by atoms with Crippen molar-refractivity contribution < 1.29 is 4.79 Å². The highest BCUT2D eigenvalue weighted by Gasteiger charge is 2.28. The number of piperidine rings is 1. The SMILES string of the molecule is CC(C)CN(C(=O)c1ccc(-c2ncn[nH]2)cc1)C1CCN(C)CC1. The first-order valence-corrected chi connectivity index (χ1v) is 9.00. The van der Waals surface area contributed by atoms with E-state index in [1.807, 2.05) is 24.3 Å². The summed E-state index contributed by atoms with van der Waals surface area (Å²) in [6.45, 7) is 7.25. The topological polar surface area (TPSA) is 65.1 Å². The minimum Gasteiger partial charge on any atom is -0.335 e. The zero-order valence-electron chi connectivity index (χ0n) is 15.3. The molecule has 2 aromatic rings. The van der Waals surface area contributed by atoms with E-state index < -0.39 is 0 Å². The van der Waals surface area contributed by atoms with E-state index in [1.54, 1.807) is 0 Å². The van der Waals surface area contributed by atoms with E-state index in [2.05, 4.69) is 45.9 Å². The molecule has 1 N–H and O–H groups in total. The van der Waals surface area contributed by atoms with Gasteiger partial charge in [0.15, 0.2) is 5.82 Å². The number of hydrogen-bond acceptors (Lipinski definition) is 4. The lowest BCUT2D eigenvalue weighted by molar-refractivity contribution is 0.0559. The van der Waals surface area contributed by atoms with Crippen molar-refractivity contribution in [1.82, 2.24) is 25.0 Å². The van der Waals surface area contributed by atoms with Crippen molar-refractivity contribution in [3.05, 3.63) is 36.2 Å². The maximum absolute atomic E-state index is 13.1. The molecule has 0 aliphatic carbocycles. The van der Waals surface area contributed by atoms with Gasteiger partial charge in [-0.15, -0.1) is 0 Å². The van der Waals surface area contributed by atoms with Crippen molar-refractivity contribution in [3.63, 3.8) is 0 Å². The van der Waals surface area contributed by atoms with Gasteiger partial charge >= 0.3 is 0 Å². The first-order chi connectivity index (χ1) is 12.0. The Morgan fingerprint density at radius 3 is 2.52 bits per heavy atom. The number of carbonyl (C=O) groups excluding carboxylic acids is 1. The summed E-state index contributed by atoms with van der Waals surface area (Å²) in [6.07, 6.45) is 3.58. The second-order valence-electron chi connectivity index (χ2n) is 7.30. The molecule has 0 unspecified atom stereocenters. The minimum atomic E-state index is 0.132. The van der Waals surface area contributed by atoms with Gasteiger partial charge in [0.2, 0.25) is 0 Å². The van der Waals surface area contributed by atoms with Crippen LogP contribution in [-0.4, -0.2) is 63.6 Å². The molecule has 6 heteroatoms. The molecule has 1 aromatic heterocycles. The minimum absolute atomic E-state index is 0.132. The number of hydrogen-bond donors (Lipinski definition) is 1. The lowest BCUT2D eigenvalue weighted by Crippen LogP contribution is -2.47. The van der Waals surface area contributed by atoms with E-state index in [-0.39, 0.29) is 5.91 Å². The Morgan fingerprint density at radius 2 is 1.96 bits per heavy atom. The van der Waals surface area contributed by atoms with Crippen LogP contribution in [-0.2, 0) is 0 Å². The van der Waals surface area contributed by atoms with Gasteiger partial charge in [0.05, 0.1) is 0 Å². The molecule has 0 saturated carbocycles. The number of nitrogens with zero attached hydrogens (tertiary/aromatic N) is 4. The maximum atomic E-state index is 13.1. The average molecular weight is 341 g/mol. The number of H-pyrrole nitrogens is 1. The third-order valence-corrected chi connectivity index (χ3v) is 4.77. The van der Waals surface area contributed by atoms with Crippen molar-refractivity contribution >= 4 is 5.91 Å². The first kappa shape index (κ1) is 17.6. The summed E-state index contributed by atoms with van der Waals surface area (Å²) in [5, 5.41) is 6.71. The number of aromatic amines is 1. The van der Waals surface area contributed by atoms with Crippen LogP contribution < -0.4 is 0 Å². The molecule has 1 aliphatic heterocycles. The number of aromatic nitrogens is 3. The lowest BCUT2D eigenvalue weighted by atomic mass is 10.00. The fraction of sp³-hybridized carbons (Fsp3) is 0.526. The summed E-state index contributed by atoms with van der Waals surface area (Å²) in [5.74, 6) is 1.30. The highest BCUT2D eigenvalue weighted by molar-refractivity contribution is 5.94. The number of amides is 1. The van der Waals surface area contributed by atoms with Gasteiger partial charge in [0.1, 0.15) is 6.33 Å². The summed E-state index contributed by atoms with van der Waals surface area (Å²) >= 11 is 0. The molecule has 1 aliphatic rings. The third kappa shape index (κ3) is 4.25. The number of carbonyl (C=O) groups is 1. The van der Waals surface area contributed by atoms with Crippen LogP contribution in [0, 0.1) is 5.92 Å². The third-order valence-electron chi connectivity index (χ3n) is 4.77. The number of likely N-dealkylation sites (tertiary alicyclic amines) is 1. The fourth-order valence-corrected chi connectivity index (χ4v) is 3.38. The van der Waals surface area contributed by atoms with Gasteiger partial charge in [0, 0.05) is 23.7 Å². The Labute approximate surface area is 149 Å². The second-order valence-corrected chi connectivity index (χ2v) is 7.30. The number of rotatable bonds is 5. The van der Waals surface area contributed by atoms with Crippen LogP contribution in [0.15, 0.2) is 30.6 Å². The van der Waals surface area contributed by atoms with Crippen LogP contribution in [0.1, 0.15) is 37.0 Å². The van der Waals surface area contributed by atoms with Crippen molar-refractivity contribution in [2.75, 3.05) is 26.7 Å². The molecular weight excluding hydrogens is 314 g/mol. The van der Waals surface area contributed by atoms with Gasteiger partial charge in [-0.2, -0.15) is 5.10 Å². The Bertz CT molecular complexity index is 672. The van der Waals surface area contributed by atoms with Gasteiger partial charge in [0.25, 0.3) is 5.91 Å². The number of nitrogens with one attached hydrogen (secondary N) is 1. The van der Waals surface area contributed by atoms with Crippen molar-refractivity contribution in [2.45, 2.75) is 32.7 Å². The molecule has 0 spiro atoms. The van der Waals surface area contributed by atoms with Gasteiger partial charge in [-0.3, -0.25) is 9.89 Å². The lowest BCUT2D eigenvalue weighted by Gasteiger charge is -2.38. The Balaban J connectivity index is 1.77. The van der Waals surface area contributed by atoms with Gasteiger partial charge in [-0.1, -0.05) is 26.0 Å².